The van der Waals surface area contributed by atoms with Gasteiger partial charge in [-0.15, -0.1) is 0 Å². The number of carbonyl (C=O) groups excluding carboxylic acids is 1. The number of carboxylic acids is 1. The summed E-state index contributed by atoms with van der Waals surface area (Å²) in [6.45, 7) is 2.87. The van der Waals surface area contributed by atoms with Gasteiger partial charge in [0.25, 0.3) is 5.91 Å². The summed E-state index contributed by atoms with van der Waals surface area (Å²) in [4.78, 5) is 25.1. The van der Waals surface area contributed by atoms with Crippen LogP contribution in [0.2, 0.25) is 0 Å². The topological polar surface area (TPSA) is 75.4 Å². The fraction of sp³-hybridized carbons (Fsp3) is 0.389. The Morgan fingerprint density at radius 3 is 2.64 bits per heavy atom. The second kappa shape index (κ2) is 7.04. The molecule has 1 fully saturated rings. The second-order valence-corrected chi connectivity index (χ2v) is 6.41. The molecule has 6 nitrogen and oxygen atoms in total. The van der Waals surface area contributed by atoms with E-state index in [-0.39, 0.29) is 24.1 Å². The van der Waals surface area contributed by atoms with E-state index >= 15 is 0 Å². The van der Waals surface area contributed by atoms with Crippen molar-refractivity contribution in [3.05, 3.63) is 47.5 Å². The first-order chi connectivity index (χ1) is 11.9. The van der Waals surface area contributed by atoms with Gasteiger partial charge >= 0.3 is 5.97 Å². The van der Waals surface area contributed by atoms with E-state index in [4.69, 9.17) is 5.11 Å². The molecule has 0 atom stereocenters. The molecule has 0 bridgehead atoms. The van der Waals surface area contributed by atoms with Gasteiger partial charge in [0, 0.05) is 25.7 Å². The fourth-order valence-corrected chi connectivity index (χ4v) is 3.20. The van der Waals surface area contributed by atoms with Crippen LogP contribution in [0.4, 0.5) is 4.39 Å². The van der Waals surface area contributed by atoms with Crippen molar-refractivity contribution in [3.63, 3.8) is 0 Å². The summed E-state index contributed by atoms with van der Waals surface area (Å²) in [7, 11) is 0. The maximum absolute atomic E-state index is 13.2. The molecule has 0 radical (unpaired) electrons. The molecule has 1 N–H and O–H groups in total. The highest BCUT2D eigenvalue weighted by molar-refractivity contribution is 5.92. The van der Waals surface area contributed by atoms with E-state index in [9.17, 15) is 14.0 Å². The summed E-state index contributed by atoms with van der Waals surface area (Å²) in [5.74, 6) is -1.14. The third kappa shape index (κ3) is 3.87. The number of aromatic nitrogens is 2. The van der Waals surface area contributed by atoms with E-state index in [0.717, 1.165) is 11.3 Å². The number of nitrogens with zero attached hydrogens (tertiary/aromatic N) is 3. The molecule has 1 aromatic heterocycles. The van der Waals surface area contributed by atoms with Crippen LogP contribution < -0.4 is 0 Å². The molecule has 1 saturated heterocycles. The number of rotatable bonds is 4. The first kappa shape index (κ1) is 17.1. The van der Waals surface area contributed by atoms with Crippen molar-refractivity contribution in [2.45, 2.75) is 26.2 Å². The highest BCUT2D eigenvalue weighted by Crippen LogP contribution is 2.22. The van der Waals surface area contributed by atoms with Gasteiger partial charge in [-0.3, -0.25) is 9.59 Å². The van der Waals surface area contributed by atoms with Crippen LogP contribution >= 0.6 is 0 Å². The molecule has 1 aliphatic heterocycles. The fourth-order valence-electron chi connectivity index (χ4n) is 3.20. The average molecular weight is 345 g/mol. The monoisotopic (exact) mass is 345 g/mol. The predicted molar refractivity (Wildman–Crippen MR) is 89.1 cm³/mol. The van der Waals surface area contributed by atoms with Gasteiger partial charge in [0.1, 0.15) is 5.82 Å². The van der Waals surface area contributed by atoms with Crippen LogP contribution in [0.5, 0.6) is 0 Å². The van der Waals surface area contributed by atoms with Gasteiger partial charge in [0.05, 0.1) is 5.69 Å². The lowest BCUT2D eigenvalue weighted by molar-refractivity contribution is -0.138. The van der Waals surface area contributed by atoms with Crippen molar-refractivity contribution in [1.29, 1.82) is 0 Å². The third-order valence-corrected chi connectivity index (χ3v) is 4.58. The number of carbonyl (C=O) groups is 2. The van der Waals surface area contributed by atoms with E-state index in [0.29, 0.717) is 31.6 Å². The smallest absolute Gasteiger partial charge is 0.303 e. The average Bonchev–Trinajstić information content (AvgIpc) is 3.04. The normalized spacial score (nSPS) is 15.4. The zero-order valence-corrected chi connectivity index (χ0v) is 14.0. The molecule has 0 spiro atoms. The molecule has 132 valence electrons. The summed E-state index contributed by atoms with van der Waals surface area (Å²) in [6, 6.07) is 6.06. The van der Waals surface area contributed by atoms with Crippen LogP contribution in [0.3, 0.4) is 0 Å². The van der Waals surface area contributed by atoms with Crippen molar-refractivity contribution in [2.24, 2.45) is 5.92 Å². The molecule has 25 heavy (non-hydrogen) atoms. The van der Waals surface area contributed by atoms with Gasteiger partial charge < -0.3 is 10.0 Å². The lowest BCUT2D eigenvalue weighted by Crippen LogP contribution is -2.39. The summed E-state index contributed by atoms with van der Waals surface area (Å²) in [6.07, 6.45) is 3.22. The molecule has 0 aliphatic carbocycles. The Bertz CT molecular complexity index is 795. The Morgan fingerprint density at radius 2 is 2.00 bits per heavy atom. The lowest BCUT2D eigenvalue weighted by atomic mass is 9.93. The van der Waals surface area contributed by atoms with Crippen LogP contribution in [-0.2, 0) is 4.79 Å². The quantitative estimate of drug-likeness (QED) is 0.924. The van der Waals surface area contributed by atoms with Gasteiger partial charge in [0.15, 0.2) is 5.69 Å². The van der Waals surface area contributed by atoms with Crippen molar-refractivity contribution in [3.8, 4) is 5.69 Å². The van der Waals surface area contributed by atoms with E-state index in [1.165, 1.54) is 12.1 Å². The van der Waals surface area contributed by atoms with Crippen molar-refractivity contribution in [2.75, 3.05) is 13.1 Å². The number of amides is 1. The molecule has 0 unspecified atom stereocenters. The first-order valence-electron chi connectivity index (χ1n) is 8.27. The number of carboxylic acid groups (broad SMARTS) is 1. The van der Waals surface area contributed by atoms with Crippen LogP contribution in [0.25, 0.3) is 5.69 Å². The Balaban J connectivity index is 1.68. The standard InChI is InChI=1S/C18H20FN3O3/c1-12-10-14(19)2-3-16(12)22-9-6-15(20-22)18(25)21-7-4-13(5-8-21)11-17(23)24/h2-3,6,9-10,13H,4-5,7-8,11H2,1H3,(H,23,24). The zero-order chi connectivity index (χ0) is 18.0. The molecule has 1 aromatic carbocycles. The Hall–Kier alpha value is -2.70. The molecule has 7 heteroatoms. The molecule has 1 aliphatic rings. The predicted octanol–water partition coefficient (Wildman–Crippen LogP) is 2.65. The van der Waals surface area contributed by atoms with Crippen LogP contribution in [-0.4, -0.2) is 44.8 Å². The molecule has 1 amide bonds. The molecule has 0 saturated carbocycles. The van der Waals surface area contributed by atoms with Gasteiger partial charge in [-0.25, -0.2) is 9.07 Å². The summed E-state index contributed by atoms with van der Waals surface area (Å²) in [5.41, 5.74) is 1.79. The number of aryl methyl sites for hydroxylation is 1. The van der Waals surface area contributed by atoms with E-state index in [2.05, 4.69) is 5.10 Å². The molecular weight excluding hydrogens is 325 g/mol. The highest BCUT2D eigenvalue weighted by Gasteiger charge is 2.26. The number of aliphatic carboxylic acids is 1. The van der Waals surface area contributed by atoms with Gasteiger partial charge in [-0.2, -0.15) is 5.10 Å². The number of halogens is 1. The van der Waals surface area contributed by atoms with Gasteiger partial charge in [-0.1, -0.05) is 0 Å². The molecule has 2 heterocycles. The van der Waals surface area contributed by atoms with E-state index in [1.807, 2.05) is 0 Å². The molecule has 3 rings (SSSR count). The number of hydrogen-bond acceptors (Lipinski definition) is 3. The van der Waals surface area contributed by atoms with E-state index in [1.54, 1.807) is 34.8 Å². The minimum absolute atomic E-state index is 0.126. The van der Waals surface area contributed by atoms with E-state index < -0.39 is 5.97 Å². The second-order valence-electron chi connectivity index (χ2n) is 6.41. The van der Waals surface area contributed by atoms with Gasteiger partial charge in [0.2, 0.25) is 0 Å². The largest absolute Gasteiger partial charge is 0.481 e. The van der Waals surface area contributed by atoms with Crippen LogP contribution in [0.1, 0.15) is 35.3 Å². The minimum atomic E-state index is -0.793. The summed E-state index contributed by atoms with van der Waals surface area (Å²) < 4.78 is 14.8. The maximum atomic E-state index is 13.2. The first-order valence-corrected chi connectivity index (χ1v) is 8.27. The number of likely N-dealkylation sites (tertiary alicyclic amines) is 1. The Labute approximate surface area is 144 Å². The number of hydrogen-bond donors (Lipinski definition) is 1. The van der Waals surface area contributed by atoms with Crippen LogP contribution in [0, 0.1) is 18.7 Å². The number of piperidine rings is 1. The Morgan fingerprint density at radius 1 is 1.28 bits per heavy atom. The van der Waals surface area contributed by atoms with Crippen molar-refractivity contribution >= 4 is 11.9 Å². The van der Waals surface area contributed by atoms with Gasteiger partial charge in [-0.05, 0) is 55.5 Å². The maximum Gasteiger partial charge on any atom is 0.303 e. The van der Waals surface area contributed by atoms with Crippen molar-refractivity contribution < 1.29 is 19.1 Å². The summed E-state index contributed by atoms with van der Waals surface area (Å²) >= 11 is 0. The lowest BCUT2D eigenvalue weighted by Gasteiger charge is -2.30. The zero-order valence-electron chi connectivity index (χ0n) is 14.0. The Kier molecular flexibility index (Phi) is 4.83. The molecule has 2 aromatic rings. The van der Waals surface area contributed by atoms with Crippen LogP contribution in [0.15, 0.2) is 30.5 Å². The number of benzene rings is 1. The SMILES string of the molecule is Cc1cc(F)ccc1-n1ccc(C(=O)N2CCC(CC(=O)O)CC2)n1. The van der Waals surface area contributed by atoms with Crippen molar-refractivity contribution in [1.82, 2.24) is 14.7 Å². The third-order valence-electron chi connectivity index (χ3n) is 4.58. The highest BCUT2D eigenvalue weighted by atomic mass is 19.1. The summed E-state index contributed by atoms with van der Waals surface area (Å²) in [5, 5.41) is 13.2. The minimum Gasteiger partial charge on any atom is -0.481 e. The molecular formula is C18H20FN3O3.